The minimum absolute atomic E-state index is 0.000710. The molecule has 12 heteroatoms. The summed E-state index contributed by atoms with van der Waals surface area (Å²) in [6, 6.07) is 0. The first-order valence-electron chi connectivity index (χ1n) is 6.31. The van der Waals surface area contributed by atoms with Crippen LogP contribution in [0, 0.1) is 0 Å². The first-order valence-corrected chi connectivity index (χ1v) is 7.97. The molecular weight excluding hydrogens is 335 g/mol. The molecular formula is C10H14ClN6O4P. The molecule has 10 nitrogen and oxygen atoms in total. The maximum atomic E-state index is 10.0. The van der Waals surface area contributed by atoms with Crippen molar-refractivity contribution in [2.45, 2.75) is 24.9 Å². The summed E-state index contributed by atoms with van der Waals surface area (Å²) < 4.78 is 12.2. The van der Waals surface area contributed by atoms with Gasteiger partial charge in [0.05, 0.1) is 19.0 Å². The van der Waals surface area contributed by atoms with Crippen LogP contribution in [0.25, 0.3) is 11.2 Å². The zero-order valence-corrected chi connectivity index (χ0v) is 12.9. The Morgan fingerprint density at radius 1 is 1.55 bits per heavy atom. The van der Waals surface area contributed by atoms with Crippen LogP contribution in [0.4, 0.5) is 5.82 Å². The van der Waals surface area contributed by atoms with Gasteiger partial charge in [0, 0.05) is 6.42 Å². The highest BCUT2D eigenvalue weighted by Gasteiger charge is 2.36. The summed E-state index contributed by atoms with van der Waals surface area (Å²) in [6.45, 7) is -0.0130. The normalized spacial score (nSPS) is 26.6. The lowest BCUT2D eigenvalue weighted by molar-refractivity contribution is -0.0378. The van der Waals surface area contributed by atoms with E-state index in [0.29, 0.717) is 17.6 Å². The first-order chi connectivity index (χ1) is 10.5. The number of rotatable bonds is 4. The van der Waals surface area contributed by atoms with Gasteiger partial charge in [-0.25, -0.2) is 4.98 Å². The number of aromatic nitrogens is 4. The molecule has 120 valence electrons. The van der Waals surface area contributed by atoms with Crippen LogP contribution in [0.2, 0.25) is 5.28 Å². The lowest BCUT2D eigenvalue weighted by Crippen LogP contribution is -2.26. The molecule has 2 aromatic heterocycles. The van der Waals surface area contributed by atoms with Gasteiger partial charge in [-0.1, -0.05) is 0 Å². The van der Waals surface area contributed by atoms with E-state index in [4.69, 9.17) is 37.0 Å². The summed E-state index contributed by atoms with van der Waals surface area (Å²) in [6.07, 6.45) is -0.102. The van der Waals surface area contributed by atoms with Crippen molar-refractivity contribution in [3.8, 4) is 0 Å². The van der Waals surface area contributed by atoms with Crippen LogP contribution in [-0.4, -0.2) is 48.3 Å². The van der Waals surface area contributed by atoms with Crippen molar-refractivity contribution in [3.63, 3.8) is 0 Å². The van der Waals surface area contributed by atoms with Gasteiger partial charge in [0.1, 0.15) is 17.8 Å². The SMILES string of the molecule is Nc1nc(Cl)nc2c1ncn2[C@H]1C[C@H](O)[C@@H](COP(N)O)O1. The van der Waals surface area contributed by atoms with Crippen LogP contribution in [0.5, 0.6) is 0 Å². The first kappa shape index (κ1) is 15.8. The summed E-state index contributed by atoms with van der Waals surface area (Å²) in [7, 11) is -2.00. The summed E-state index contributed by atoms with van der Waals surface area (Å²) in [5.74, 6) is 0.168. The van der Waals surface area contributed by atoms with Crippen molar-refractivity contribution in [2.75, 3.05) is 12.3 Å². The van der Waals surface area contributed by atoms with Crippen LogP contribution in [0.1, 0.15) is 12.6 Å². The third kappa shape index (κ3) is 2.99. The molecule has 0 amide bonds. The zero-order chi connectivity index (χ0) is 15.9. The molecule has 3 heterocycles. The smallest absolute Gasteiger partial charge is 0.250 e. The fourth-order valence-corrected chi connectivity index (χ4v) is 2.78. The Morgan fingerprint density at radius 2 is 2.32 bits per heavy atom. The molecule has 0 radical (unpaired) electrons. The lowest BCUT2D eigenvalue weighted by atomic mass is 10.2. The number of aliphatic hydroxyl groups excluding tert-OH is 1. The van der Waals surface area contributed by atoms with E-state index in [-0.39, 0.29) is 17.7 Å². The average Bonchev–Trinajstić information content (AvgIpc) is 3.00. The molecule has 0 bridgehead atoms. The van der Waals surface area contributed by atoms with E-state index >= 15 is 0 Å². The molecule has 1 saturated heterocycles. The van der Waals surface area contributed by atoms with Crippen molar-refractivity contribution >= 4 is 37.1 Å². The van der Waals surface area contributed by atoms with Crippen LogP contribution >= 0.6 is 20.1 Å². The van der Waals surface area contributed by atoms with Crippen molar-refractivity contribution in [2.24, 2.45) is 5.50 Å². The molecule has 4 atom stereocenters. The number of anilines is 1. The molecule has 3 rings (SSSR count). The Kier molecular flexibility index (Phi) is 4.42. The van der Waals surface area contributed by atoms with Crippen molar-refractivity contribution in [1.29, 1.82) is 0 Å². The van der Waals surface area contributed by atoms with Gasteiger partial charge in [-0.05, 0) is 11.6 Å². The Bertz CT molecular complexity index is 685. The van der Waals surface area contributed by atoms with Crippen molar-refractivity contribution < 1.29 is 19.3 Å². The highest BCUT2D eigenvalue weighted by Crippen LogP contribution is 2.33. The number of halogens is 1. The summed E-state index contributed by atoms with van der Waals surface area (Å²) in [5.41, 5.74) is 11.7. The number of fused-ring (bicyclic) bond motifs is 1. The number of nitrogens with two attached hydrogens (primary N) is 2. The zero-order valence-electron chi connectivity index (χ0n) is 11.2. The van der Waals surface area contributed by atoms with Gasteiger partial charge >= 0.3 is 0 Å². The van der Waals surface area contributed by atoms with Crippen molar-refractivity contribution in [3.05, 3.63) is 11.6 Å². The van der Waals surface area contributed by atoms with Crippen LogP contribution in [-0.2, 0) is 9.26 Å². The molecule has 0 aromatic carbocycles. The predicted molar refractivity (Wildman–Crippen MR) is 78.6 cm³/mol. The number of imidazole rings is 1. The number of nitrogens with zero attached hydrogens (tertiary/aromatic N) is 4. The minimum Gasteiger partial charge on any atom is -0.390 e. The van der Waals surface area contributed by atoms with E-state index in [1.165, 1.54) is 6.33 Å². The topological polar surface area (TPSA) is 155 Å². The Morgan fingerprint density at radius 3 is 3.05 bits per heavy atom. The van der Waals surface area contributed by atoms with Gasteiger partial charge in [0.2, 0.25) is 13.8 Å². The number of aliphatic hydroxyl groups is 1. The monoisotopic (exact) mass is 348 g/mol. The average molecular weight is 349 g/mol. The Balaban J connectivity index is 1.83. The third-order valence-electron chi connectivity index (χ3n) is 3.31. The van der Waals surface area contributed by atoms with Gasteiger partial charge in [-0.15, -0.1) is 0 Å². The second-order valence-electron chi connectivity index (χ2n) is 4.73. The van der Waals surface area contributed by atoms with Crippen LogP contribution < -0.4 is 11.2 Å². The lowest BCUT2D eigenvalue weighted by Gasteiger charge is -2.16. The van der Waals surface area contributed by atoms with Gasteiger partial charge in [-0.3, -0.25) is 10.1 Å². The van der Waals surface area contributed by atoms with E-state index < -0.39 is 27.0 Å². The predicted octanol–water partition coefficient (Wildman–Crippen LogP) is -0.0952. The summed E-state index contributed by atoms with van der Waals surface area (Å²) in [5, 5.41) is 10.0. The largest absolute Gasteiger partial charge is 0.390 e. The second-order valence-corrected chi connectivity index (χ2v) is 5.93. The molecule has 0 aliphatic carbocycles. The molecule has 1 unspecified atom stereocenters. The highest BCUT2D eigenvalue weighted by atomic mass is 35.5. The highest BCUT2D eigenvalue weighted by molar-refractivity contribution is 7.43. The maximum Gasteiger partial charge on any atom is 0.250 e. The standard InChI is InChI=1S/C10H14ClN6O4P/c11-10-15-8(12)7-9(16-10)17(3-14-7)6-1-4(18)5(21-6)2-20-22(13)19/h3-6,18-19H,1-2,13H2,(H2,12,15,16)/t4-,5+,6+,22?/m0/s1. The maximum absolute atomic E-state index is 10.0. The van der Waals surface area contributed by atoms with Crippen LogP contribution in [0.15, 0.2) is 6.33 Å². The minimum atomic E-state index is -2.00. The van der Waals surface area contributed by atoms with E-state index in [1.54, 1.807) is 4.57 Å². The number of ether oxygens (including phenoxy) is 1. The Hall–Kier alpha value is -1.13. The quantitative estimate of drug-likeness (QED) is 0.438. The third-order valence-corrected chi connectivity index (χ3v) is 3.89. The van der Waals surface area contributed by atoms with Gasteiger partial charge in [-0.2, -0.15) is 9.97 Å². The molecule has 1 aliphatic rings. The Labute approximate surface area is 131 Å². The molecule has 2 aromatic rings. The van der Waals surface area contributed by atoms with E-state index in [1.807, 2.05) is 0 Å². The molecule has 6 N–H and O–H groups in total. The van der Waals surface area contributed by atoms with Crippen molar-refractivity contribution in [1.82, 2.24) is 19.5 Å². The van der Waals surface area contributed by atoms with Crippen LogP contribution in [0.3, 0.4) is 0 Å². The molecule has 0 spiro atoms. The molecule has 22 heavy (non-hydrogen) atoms. The van der Waals surface area contributed by atoms with E-state index in [2.05, 4.69) is 15.0 Å². The second kappa shape index (κ2) is 6.17. The van der Waals surface area contributed by atoms with Gasteiger partial charge in [0.15, 0.2) is 11.5 Å². The van der Waals surface area contributed by atoms with Gasteiger partial charge < -0.3 is 25.0 Å². The molecule has 0 saturated carbocycles. The summed E-state index contributed by atoms with van der Waals surface area (Å²) >= 11 is 5.81. The number of hydrogen-bond acceptors (Lipinski definition) is 9. The van der Waals surface area contributed by atoms with E-state index in [9.17, 15) is 5.11 Å². The summed E-state index contributed by atoms with van der Waals surface area (Å²) in [4.78, 5) is 21.0. The van der Waals surface area contributed by atoms with Gasteiger partial charge in [0.25, 0.3) is 0 Å². The fourth-order valence-electron chi connectivity index (χ4n) is 2.31. The molecule has 1 fully saturated rings. The number of nitrogen functional groups attached to an aromatic ring is 1. The fraction of sp³-hybridized carbons (Fsp3) is 0.500. The number of hydrogen-bond donors (Lipinski definition) is 4. The van der Waals surface area contributed by atoms with E-state index in [0.717, 1.165) is 0 Å². The molecule has 1 aliphatic heterocycles.